The van der Waals surface area contributed by atoms with Crippen LogP contribution < -0.4 is 10.6 Å². The Morgan fingerprint density at radius 2 is 1.90 bits per heavy atom. The number of aliphatic hydroxyl groups is 1. The Labute approximate surface area is 121 Å². The lowest BCUT2D eigenvalue weighted by atomic mass is 9.97. The van der Waals surface area contributed by atoms with Crippen molar-refractivity contribution in [1.82, 2.24) is 9.97 Å². The molecule has 0 aromatic carbocycles. The SMILES string of the molecule is CCc1nc(NC)c(C)c(NCC2CCCC2CO)n1. The van der Waals surface area contributed by atoms with Gasteiger partial charge in [0.2, 0.25) is 0 Å². The maximum absolute atomic E-state index is 9.39. The first-order valence-corrected chi connectivity index (χ1v) is 7.59. The van der Waals surface area contributed by atoms with E-state index >= 15 is 0 Å². The summed E-state index contributed by atoms with van der Waals surface area (Å²) in [4.78, 5) is 9.07. The van der Waals surface area contributed by atoms with Crippen molar-refractivity contribution < 1.29 is 5.11 Å². The average Bonchev–Trinajstić information content (AvgIpc) is 2.93. The summed E-state index contributed by atoms with van der Waals surface area (Å²) >= 11 is 0. The van der Waals surface area contributed by atoms with Gasteiger partial charge in [-0.25, -0.2) is 9.97 Å². The van der Waals surface area contributed by atoms with Crippen LogP contribution in [0.15, 0.2) is 0 Å². The molecule has 0 bridgehead atoms. The van der Waals surface area contributed by atoms with E-state index in [1.807, 2.05) is 14.0 Å². The highest BCUT2D eigenvalue weighted by Gasteiger charge is 2.26. The Kier molecular flexibility index (Phi) is 5.17. The van der Waals surface area contributed by atoms with Gasteiger partial charge in [-0.2, -0.15) is 0 Å². The molecule has 5 nitrogen and oxygen atoms in total. The van der Waals surface area contributed by atoms with E-state index in [-0.39, 0.29) is 0 Å². The topological polar surface area (TPSA) is 70.1 Å². The predicted molar refractivity (Wildman–Crippen MR) is 82.1 cm³/mol. The van der Waals surface area contributed by atoms with Gasteiger partial charge in [-0.05, 0) is 31.6 Å². The zero-order chi connectivity index (χ0) is 14.5. The van der Waals surface area contributed by atoms with Gasteiger partial charge >= 0.3 is 0 Å². The van der Waals surface area contributed by atoms with Crippen LogP contribution in [0.4, 0.5) is 11.6 Å². The highest BCUT2D eigenvalue weighted by atomic mass is 16.3. The third-order valence-electron chi connectivity index (χ3n) is 4.33. The van der Waals surface area contributed by atoms with Crippen molar-refractivity contribution in [2.24, 2.45) is 11.8 Å². The number of hydrogen-bond acceptors (Lipinski definition) is 5. The van der Waals surface area contributed by atoms with Crippen LogP contribution in [0.5, 0.6) is 0 Å². The summed E-state index contributed by atoms with van der Waals surface area (Å²) in [5, 5.41) is 16.0. The third-order valence-corrected chi connectivity index (χ3v) is 4.33. The van der Waals surface area contributed by atoms with Gasteiger partial charge in [0.1, 0.15) is 17.5 Å². The lowest BCUT2D eigenvalue weighted by Crippen LogP contribution is -2.22. The fraction of sp³-hybridized carbons (Fsp3) is 0.733. The summed E-state index contributed by atoms with van der Waals surface area (Å²) in [6.45, 7) is 5.28. The predicted octanol–water partition coefficient (Wildman–Crippen LogP) is 2.21. The Morgan fingerprint density at radius 1 is 1.20 bits per heavy atom. The summed E-state index contributed by atoms with van der Waals surface area (Å²) in [5.41, 5.74) is 1.06. The number of aromatic nitrogens is 2. The third kappa shape index (κ3) is 3.20. The Morgan fingerprint density at radius 3 is 2.55 bits per heavy atom. The zero-order valence-electron chi connectivity index (χ0n) is 12.7. The van der Waals surface area contributed by atoms with E-state index in [2.05, 4.69) is 27.5 Å². The molecule has 20 heavy (non-hydrogen) atoms. The first kappa shape index (κ1) is 15.0. The van der Waals surface area contributed by atoms with E-state index in [1.165, 1.54) is 12.8 Å². The molecule has 2 atom stereocenters. The number of hydrogen-bond donors (Lipinski definition) is 3. The number of aliphatic hydroxyl groups excluding tert-OH is 1. The molecular weight excluding hydrogens is 252 g/mol. The van der Waals surface area contributed by atoms with Crippen LogP contribution >= 0.6 is 0 Å². The van der Waals surface area contributed by atoms with E-state index in [9.17, 15) is 5.11 Å². The van der Waals surface area contributed by atoms with Gasteiger partial charge in [0.05, 0.1) is 0 Å². The fourth-order valence-corrected chi connectivity index (χ4v) is 2.99. The van der Waals surface area contributed by atoms with Crippen molar-refractivity contribution >= 4 is 11.6 Å². The molecule has 1 aromatic heterocycles. The Bertz CT molecular complexity index is 450. The van der Waals surface area contributed by atoms with E-state index in [0.717, 1.165) is 42.4 Å². The van der Waals surface area contributed by atoms with Gasteiger partial charge < -0.3 is 15.7 Å². The van der Waals surface area contributed by atoms with Crippen LogP contribution in [0.2, 0.25) is 0 Å². The largest absolute Gasteiger partial charge is 0.396 e. The molecule has 1 heterocycles. The summed E-state index contributed by atoms with van der Waals surface area (Å²) in [7, 11) is 1.89. The molecular formula is C15H26N4O. The second-order valence-electron chi connectivity index (χ2n) is 5.58. The van der Waals surface area contributed by atoms with E-state index in [4.69, 9.17) is 0 Å². The summed E-state index contributed by atoms with van der Waals surface area (Å²) in [6, 6.07) is 0. The molecule has 5 heteroatoms. The van der Waals surface area contributed by atoms with Crippen LogP contribution in [-0.4, -0.2) is 35.3 Å². The standard InChI is InChI=1S/C15H26N4O/c1-4-13-18-14(16-3)10(2)15(19-13)17-8-11-6-5-7-12(11)9-20/h11-12,20H,4-9H2,1-3H3,(H2,16,17,18,19). The van der Waals surface area contributed by atoms with Crippen molar-refractivity contribution in [3.8, 4) is 0 Å². The highest BCUT2D eigenvalue weighted by Crippen LogP contribution is 2.31. The van der Waals surface area contributed by atoms with Crippen molar-refractivity contribution in [2.45, 2.75) is 39.5 Å². The molecule has 2 rings (SSSR count). The number of nitrogens with one attached hydrogen (secondary N) is 2. The van der Waals surface area contributed by atoms with Crippen molar-refractivity contribution in [1.29, 1.82) is 0 Å². The number of nitrogens with zero attached hydrogens (tertiary/aromatic N) is 2. The lowest BCUT2D eigenvalue weighted by Gasteiger charge is -2.20. The first-order chi connectivity index (χ1) is 9.69. The van der Waals surface area contributed by atoms with Crippen molar-refractivity contribution in [3.05, 3.63) is 11.4 Å². The number of aryl methyl sites for hydroxylation is 1. The minimum atomic E-state index is 0.303. The molecule has 1 fully saturated rings. The monoisotopic (exact) mass is 278 g/mol. The maximum atomic E-state index is 9.39. The van der Waals surface area contributed by atoms with Gasteiger partial charge in [0.25, 0.3) is 0 Å². The molecule has 1 aromatic rings. The van der Waals surface area contributed by atoms with Crippen LogP contribution in [0, 0.1) is 18.8 Å². The summed E-state index contributed by atoms with van der Waals surface area (Å²) < 4.78 is 0. The molecule has 0 aliphatic heterocycles. The maximum Gasteiger partial charge on any atom is 0.134 e. The molecule has 1 saturated carbocycles. The van der Waals surface area contributed by atoms with Crippen molar-refractivity contribution in [2.75, 3.05) is 30.8 Å². The van der Waals surface area contributed by atoms with E-state index < -0.39 is 0 Å². The fourth-order valence-electron chi connectivity index (χ4n) is 2.99. The molecule has 0 amide bonds. The molecule has 0 spiro atoms. The second kappa shape index (κ2) is 6.88. The minimum absolute atomic E-state index is 0.303. The Hall–Kier alpha value is -1.36. The van der Waals surface area contributed by atoms with Crippen LogP contribution in [0.3, 0.4) is 0 Å². The first-order valence-electron chi connectivity index (χ1n) is 7.59. The Balaban J connectivity index is 2.08. The molecule has 0 radical (unpaired) electrons. The van der Waals surface area contributed by atoms with Gasteiger partial charge in [0, 0.05) is 32.2 Å². The molecule has 0 saturated heterocycles. The second-order valence-corrected chi connectivity index (χ2v) is 5.58. The summed E-state index contributed by atoms with van der Waals surface area (Å²) in [5.74, 6) is 3.67. The normalized spacial score (nSPS) is 22.0. The smallest absolute Gasteiger partial charge is 0.134 e. The average molecular weight is 278 g/mol. The minimum Gasteiger partial charge on any atom is -0.396 e. The van der Waals surface area contributed by atoms with Crippen LogP contribution in [0.1, 0.15) is 37.6 Å². The molecule has 3 N–H and O–H groups in total. The summed E-state index contributed by atoms with van der Waals surface area (Å²) in [6.07, 6.45) is 4.39. The van der Waals surface area contributed by atoms with Crippen molar-refractivity contribution in [3.63, 3.8) is 0 Å². The quantitative estimate of drug-likeness (QED) is 0.744. The van der Waals surface area contributed by atoms with E-state index in [0.29, 0.717) is 18.4 Å². The van der Waals surface area contributed by atoms with Crippen LogP contribution in [-0.2, 0) is 6.42 Å². The van der Waals surface area contributed by atoms with Crippen LogP contribution in [0.25, 0.3) is 0 Å². The number of rotatable bonds is 6. The molecule has 2 unspecified atom stereocenters. The molecule has 1 aliphatic rings. The lowest BCUT2D eigenvalue weighted by molar-refractivity contribution is 0.199. The van der Waals surface area contributed by atoms with Gasteiger partial charge in [-0.1, -0.05) is 13.3 Å². The van der Waals surface area contributed by atoms with Gasteiger partial charge in [0.15, 0.2) is 0 Å². The van der Waals surface area contributed by atoms with Gasteiger partial charge in [-0.15, -0.1) is 0 Å². The van der Waals surface area contributed by atoms with E-state index in [1.54, 1.807) is 0 Å². The zero-order valence-corrected chi connectivity index (χ0v) is 12.7. The van der Waals surface area contributed by atoms with Gasteiger partial charge in [-0.3, -0.25) is 0 Å². The highest BCUT2D eigenvalue weighted by molar-refractivity contribution is 5.57. The molecule has 112 valence electrons. The number of anilines is 2. The molecule has 1 aliphatic carbocycles.